The predicted octanol–water partition coefficient (Wildman–Crippen LogP) is -0.0988. The second-order valence-corrected chi connectivity index (χ2v) is 9.28. The average Bonchev–Trinajstić information content (AvgIpc) is 2.47. The number of carboxylic acid groups (broad SMARTS) is 4. The topological polar surface area (TPSA) is 201 Å². The second kappa shape index (κ2) is 13.7. The van der Waals surface area contributed by atoms with Crippen molar-refractivity contribution in [1.82, 2.24) is 0 Å². The molecule has 0 aromatic rings. The Labute approximate surface area is 164 Å². The van der Waals surface area contributed by atoms with E-state index in [1.165, 1.54) is 0 Å². The molecular weight excluding hydrogens is 440 g/mol. The van der Waals surface area contributed by atoms with E-state index in [-0.39, 0.29) is 23.9 Å². The molecule has 0 radical (unpaired) electrons. The number of carboxylic acids is 4. The van der Waals surface area contributed by atoms with Crippen LogP contribution in [0.4, 0.5) is 0 Å². The molecule has 0 rings (SSSR count). The number of hydrogen-bond donors (Lipinski definition) is 6. The summed E-state index contributed by atoms with van der Waals surface area (Å²) >= 11 is 0. The fourth-order valence-electron chi connectivity index (χ4n) is 0.957. The summed E-state index contributed by atoms with van der Waals surface area (Å²) in [5, 5.41) is 32.9. The van der Waals surface area contributed by atoms with E-state index in [2.05, 4.69) is 0 Å². The van der Waals surface area contributed by atoms with Crippen LogP contribution in [0.25, 0.3) is 0 Å². The molecule has 0 aliphatic carbocycles. The molecule has 0 fully saturated rings. The monoisotopic (exact) mass is 456 g/mol. The van der Waals surface area contributed by atoms with Gasteiger partial charge >= 0.3 is 23.9 Å². The Kier molecular flexibility index (Phi) is 14.6. The Balaban J connectivity index is 0. The third kappa shape index (κ3) is 10.9. The van der Waals surface area contributed by atoms with Gasteiger partial charge in [0.25, 0.3) is 0 Å². The fourth-order valence-corrected chi connectivity index (χ4v) is 6.73. The molecule has 0 aliphatic rings. The van der Waals surface area contributed by atoms with Gasteiger partial charge in [0.15, 0.2) is 0 Å². The molecule has 0 bridgehead atoms. The van der Waals surface area contributed by atoms with Crippen molar-refractivity contribution in [3.8, 4) is 0 Å². The smallest absolute Gasteiger partial charge is 0.321 e. The molecular formula is C10H17ClN2O8S4. The average molecular weight is 457 g/mol. The summed E-state index contributed by atoms with van der Waals surface area (Å²) in [5.74, 6) is -5.48. The molecule has 15 heteroatoms. The Bertz CT molecular complexity index is 444. The molecule has 0 aromatic carbocycles. The summed E-state index contributed by atoms with van der Waals surface area (Å²) in [4.78, 5) is 43.7. The van der Waals surface area contributed by atoms with Gasteiger partial charge in [-0.15, -0.1) is 12.4 Å². The van der Waals surface area contributed by atoms with E-state index in [9.17, 15) is 29.4 Å². The van der Waals surface area contributed by atoms with Crippen molar-refractivity contribution < 1.29 is 39.6 Å². The molecule has 25 heavy (non-hydrogen) atoms. The van der Waals surface area contributed by atoms with Crippen LogP contribution >= 0.6 is 55.6 Å². The zero-order valence-corrected chi connectivity index (χ0v) is 16.4. The summed E-state index contributed by atoms with van der Waals surface area (Å²) in [5.41, 5.74) is 10.6. The van der Waals surface area contributed by atoms with Crippen LogP contribution in [0.1, 0.15) is 0 Å². The highest BCUT2D eigenvalue weighted by Crippen LogP contribution is 2.38. The van der Waals surface area contributed by atoms with Crippen LogP contribution in [0.3, 0.4) is 0 Å². The quantitative estimate of drug-likeness (QED) is 0.200. The van der Waals surface area contributed by atoms with E-state index >= 15 is 0 Å². The first-order valence-corrected chi connectivity index (χ1v) is 10.8. The zero-order valence-electron chi connectivity index (χ0n) is 12.3. The van der Waals surface area contributed by atoms with Gasteiger partial charge in [-0.3, -0.25) is 19.2 Å². The lowest BCUT2D eigenvalue weighted by Gasteiger charge is -2.19. The number of rotatable bonds is 13. The number of nitrogens with two attached hydrogens (primary N) is 2. The summed E-state index contributed by atoms with van der Waals surface area (Å²) in [6.07, 6.45) is 0. The summed E-state index contributed by atoms with van der Waals surface area (Å²) < 4.78 is 0. The van der Waals surface area contributed by atoms with Gasteiger partial charge in [-0.05, 0) is 0 Å². The lowest BCUT2D eigenvalue weighted by atomic mass is 10.3. The lowest BCUT2D eigenvalue weighted by molar-refractivity contribution is -0.142. The number of carbonyl (C=O) groups is 4. The van der Waals surface area contributed by atoms with Crippen LogP contribution in [-0.4, -0.2) is 78.4 Å². The van der Waals surface area contributed by atoms with Crippen LogP contribution in [0.2, 0.25) is 0 Å². The van der Waals surface area contributed by atoms with E-state index in [0.29, 0.717) is 21.6 Å². The molecule has 0 saturated carbocycles. The van der Waals surface area contributed by atoms with Crippen molar-refractivity contribution >= 4 is 79.5 Å². The minimum atomic E-state index is -1.39. The first-order chi connectivity index (χ1) is 11.1. The Morgan fingerprint density at radius 3 is 1.16 bits per heavy atom. The van der Waals surface area contributed by atoms with Crippen LogP contribution in [0.15, 0.2) is 0 Å². The van der Waals surface area contributed by atoms with Crippen molar-refractivity contribution in [2.24, 2.45) is 11.5 Å². The molecule has 0 heterocycles. The fraction of sp³-hybridized carbons (Fsp3) is 0.600. The Morgan fingerprint density at radius 2 is 0.960 bits per heavy atom. The number of hydrogen-bond acceptors (Lipinski definition) is 10. The van der Waals surface area contributed by atoms with Crippen molar-refractivity contribution in [1.29, 1.82) is 0 Å². The van der Waals surface area contributed by atoms with E-state index in [0.717, 1.165) is 21.6 Å². The summed E-state index contributed by atoms with van der Waals surface area (Å²) in [6, 6.07) is -2.40. The molecule has 146 valence electrons. The zero-order chi connectivity index (χ0) is 18.9. The maximum atomic E-state index is 11.3. The van der Waals surface area contributed by atoms with Gasteiger partial charge in [0, 0.05) is 11.5 Å². The number of halogens is 1. The number of aliphatic carboxylic acids is 4. The summed E-state index contributed by atoms with van der Waals surface area (Å²) in [6.45, 7) is 0. The summed E-state index contributed by atoms with van der Waals surface area (Å²) in [7, 11) is 3.06. The van der Waals surface area contributed by atoms with Crippen LogP contribution in [-0.2, 0) is 19.2 Å². The van der Waals surface area contributed by atoms with E-state index in [1.807, 2.05) is 0 Å². The van der Waals surface area contributed by atoms with Gasteiger partial charge in [0.1, 0.15) is 22.6 Å². The molecule has 0 spiro atoms. The highest BCUT2D eigenvalue weighted by atomic mass is 35.5. The van der Waals surface area contributed by atoms with Gasteiger partial charge in [-0.2, -0.15) is 0 Å². The van der Waals surface area contributed by atoms with Crippen molar-refractivity contribution in [3.63, 3.8) is 0 Å². The Hall–Kier alpha value is -0.510. The highest BCUT2D eigenvalue weighted by molar-refractivity contribution is 8.79. The molecule has 4 unspecified atom stereocenters. The lowest BCUT2D eigenvalue weighted by Crippen LogP contribution is -2.36. The molecule has 0 saturated heterocycles. The molecule has 4 atom stereocenters. The first-order valence-electron chi connectivity index (χ1n) is 6.06. The van der Waals surface area contributed by atoms with Gasteiger partial charge in [-0.1, -0.05) is 43.2 Å². The molecule has 8 N–H and O–H groups in total. The van der Waals surface area contributed by atoms with Gasteiger partial charge in [0.2, 0.25) is 0 Å². The van der Waals surface area contributed by atoms with E-state index in [4.69, 9.17) is 21.7 Å². The maximum Gasteiger partial charge on any atom is 0.321 e. The highest BCUT2D eigenvalue weighted by Gasteiger charge is 2.36. The van der Waals surface area contributed by atoms with Gasteiger partial charge in [0.05, 0.1) is 0 Å². The molecule has 0 aliphatic heterocycles. The normalized spacial score (nSPS) is 15.3. The Morgan fingerprint density at radius 1 is 0.680 bits per heavy atom. The van der Waals surface area contributed by atoms with Gasteiger partial charge in [-0.25, -0.2) is 0 Å². The van der Waals surface area contributed by atoms with Crippen molar-refractivity contribution in [2.45, 2.75) is 22.6 Å². The minimum Gasteiger partial charge on any atom is -0.480 e. The third-order valence-corrected chi connectivity index (χ3v) is 7.91. The largest absolute Gasteiger partial charge is 0.480 e. The SMILES string of the molecule is Cl.NC(CSSC(C(=O)O)C(SSCC(N)C(=O)O)C(=O)O)C(=O)O. The minimum absolute atomic E-state index is 0. The van der Waals surface area contributed by atoms with Crippen LogP contribution in [0.5, 0.6) is 0 Å². The predicted molar refractivity (Wildman–Crippen MR) is 101 cm³/mol. The molecule has 0 aromatic heterocycles. The van der Waals surface area contributed by atoms with Crippen LogP contribution in [0, 0.1) is 0 Å². The van der Waals surface area contributed by atoms with E-state index < -0.39 is 46.5 Å². The van der Waals surface area contributed by atoms with Crippen LogP contribution < -0.4 is 11.5 Å². The maximum absolute atomic E-state index is 11.3. The van der Waals surface area contributed by atoms with Crippen molar-refractivity contribution in [2.75, 3.05) is 11.5 Å². The van der Waals surface area contributed by atoms with Gasteiger partial charge < -0.3 is 31.9 Å². The molecule has 10 nitrogen and oxygen atoms in total. The van der Waals surface area contributed by atoms with Crippen molar-refractivity contribution in [3.05, 3.63) is 0 Å². The molecule has 0 amide bonds. The first kappa shape index (κ1) is 26.7. The third-order valence-electron chi connectivity index (χ3n) is 2.23. The second-order valence-electron chi connectivity index (χ2n) is 4.17. The standard InChI is InChI=1S/C10H16N2O8S4.ClH/c11-3(7(13)14)1-21-23-5(9(17)18)6(10(19)20)24-22-2-4(12)8(15)16;/h3-6H,1-2,11-12H2,(H,13,14)(H,15,16)(H,17,18)(H,19,20);1H. The van der Waals surface area contributed by atoms with E-state index in [1.54, 1.807) is 0 Å².